The van der Waals surface area contributed by atoms with Gasteiger partial charge in [0.2, 0.25) is 0 Å². The number of para-hydroxylation sites is 1. The quantitative estimate of drug-likeness (QED) is 0.889. The van der Waals surface area contributed by atoms with Crippen LogP contribution in [0.1, 0.15) is 11.1 Å². The van der Waals surface area contributed by atoms with Gasteiger partial charge >= 0.3 is 0 Å². The van der Waals surface area contributed by atoms with Crippen molar-refractivity contribution in [2.75, 3.05) is 38.1 Å². The van der Waals surface area contributed by atoms with Crippen LogP contribution in [0.25, 0.3) is 0 Å². The van der Waals surface area contributed by atoms with Gasteiger partial charge < -0.3 is 20.2 Å². The molecule has 0 unspecified atom stereocenters. The molecule has 2 aromatic rings. The molecule has 0 aliphatic carbocycles. The number of benzene rings is 2. The molecule has 1 fully saturated rings. The van der Waals surface area contributed by atoms with Crippen molar-refractivity contribution in [3.8, 4) is 5.75 Å². The summed E-state index contributed by atoms with van der Waals surface area (Å²) in [6.45, 7) is 5.93. The van der Waals surface area contributed by atoms with Gasteiger partial charge in [0.05, 0.1) is 0 Å². The van der Waals surface area contributed by atoms with Crippen LogP contribution >= 0.6 is 0 Å². The summed E-state index contributed by atoms with van der Waals surface area (Å²) in [4.78, 5) is 4.81. The number of anilines is 1. The van der Waals surface area contributed by atoms with E-state index < -0.39 is 0 Å². The monoisotopic (exact) mass is 311 g/mol. The van der Waals surface area contributed by atoms with Gasteiger partial charge in [0.1, 0.15) is 5.75 Å². The minimum Gasteiger partial charge on any atom is -0.508 e. The summed E-state index contributed by atoms with van der Waals surface area (Å²) in [7, 11) is 2.18. The SMILES string of the molecule is CN1CCN(c2ccc(CNCc3ccccc3O)cc2)CC1. The van der Waals surface area contributed by atoms with Crippen LogP contribution in [-0.2, 0) is 13.1 Å². The Hall–Kier alpha value is -2.04. The van der Waals surface area contributed by atoms with Gasteiger partial charge in [-0.3, -0.25) is 0 Å². The van der Waals surface area contributed by atoms with Crippen LogP contribution in [-0.4, -0.2) is 43.2 Å². The summed E-state index contributed by atoms with van der Waals surface area (Å²) < 4.78 is 0. The van der Waals surface area contributed by atoms with Crippen molar-refractivity contribution in [1.82, 2.24) is 10.2 Å². The first-order chi connectivity index (χ1) is 11.2. The van der Waals surface area contributed by atoms with Crippen LogP contribution in [0, 0.1) is 0 Å². The highest BCUT2D eigenvalue weighted by Gasteiger charge is 2.13. The van der Waals surface area contributed by atoms with Gasteiger partial charge in [0, 0.05) is 50.5 Å². The van der Waals surface area contributed by atoms with E-state index in [1.54, 1.807) is 6.07 Å². The minimum atomic E-state index is 0.352. The fourth-order valence-corrected chi connectivity index (χ4v) is 2.89. The summed E-state index contributed by atoms with van der Waals surface area (Å²) in [5.74, 6) is 0.352. The van der Waals surface area contributed by atoms with Crippen molar-refractivity contribution in [3.63, 3.8) is 0 Å². The Morgan fingerprint density at radius 1 is 0.913 bits per heavy atom. The van der Waals surface area contributed by atoms with Crippen LogP contribution < -0.4 is 10.2 Å². The fourth-order valence-electron chi connectivity index (χ4n) is 2.89. The number of hydrogen-bond acceptors (Lipinski definition) is 4. The topological polar surface area (TPSA) is 38.7 Å². The largest absolute Gasteiger partial charge is 0.508 e. The molecule has 1 aliphatic heterocycles. The molecular weight excluding hydrogens is 286 g/mol. The Balaban J connectivity index is 1.51. The highest BCUT2D eigenvalue weighted by Crippen LogP contribution is 2.18. The number of hydrogen-bond donors (Lipinski definition) is 2. The third-order valence-electron chi connectivity index (χ3n) is 4.44. The first kappa shape index (κ1) is 15.8. The van der Waals surface area contributed by atoms with E-state index in [0.717, 1.165) is 38.3 Å². The number of phenols is 1. The number of aromatic hydroxyl groups is 1. The number of likely N-dealkylation sites (N-methyl/N-ethyl adjacent to an activating group) is 1. The first-order valence-corrected chi connectivity index (χ1v) is 8.22. The average Bonchev–Trinajstić information content (AvgIpc) is 2.58. The van der Waals surface area contributed by atoms with Gasteiger partial charge in [-0.2, -0.15) is 0 Å². The molecule has 1 aliphatic rings. The molecule has 0 atom stereocenters. The van der Waals surface area contributed by atoms with Crippen LogP contribution in [0.4, 0.5) is 5.69 Å². The van der Waals surface area contributed by atoms with Gasteiger partial charge in [-0.05, 0) is 30.8 Å². The van der Waals surface area contributed by atoms with E-state index in [2.05, 4.69) is 46.4 Å². The van der Waals surface area contributed by atoms with E-state index in [1.165, 1.54) is 11.3 Å². The zero-order valence-corrected chi connectivity index (χ0v) is 13.7. The van der Waals surface area contributed by atoms with E-state index in [-0.39, 0.29) is 0 Å². The standard InChI is InChI=1S/C19H25N3O/c1-21-10-12-22(13-11-21)18-8-6-16(7-9-18)14-20-15-17-4-2-3-5-19(17)23/h2-9,20,23H,10-15H2,1H3. The summed E-state index contributed by atoms with van der Waals surface area (Å²) >= 11 is 0. The zero-order chi connectivity index (χ0) is 16.1. The molecule has 0 saturated carbocycles. The third kappa shape index (κ3) is 4.24. The first-order valence-electron chi connectivity index (χ1n) is 8.22. The Bertz CT molecular complexity index is 619. The Morgan fingerprint density at radius 3 is 2.30 bits per heavy atom. The molecule has 2 N–H and O–H groups in total. The van der Waals surface area contributed by atoms with Gasteiger partial charge in [0.25, 0.3) is 0 Å². The van der Waals surface area contributed by atoms with E-state index in [9.17, 15) is 5.11 Å². The lowest BCUT2D eigenvalue weighted by atomic mass is 10.1. The average molecular weight is 311 g/mol. The molecule has 23 heavy (non-hydrogen) atoms. The molecule has 1 saturated heterocycles. The second kappa shape index (κ2) is 7.49. The zero-order valence-electron chi connectivity index (χ0n) is 13.7. The van der Waals surface area contributed by atoms with Crippen molar-refractivity contribution in [2.45, 2.75) is 13.1 Å². The maximum Gasteiger partial charge on any atom is 0.120 e. The summed E-state index contributed by atoms with van der Waals surface area (Å²) in [6.07, 6.45) is 0. The number of phenolic OH excluding ortho intramolecular Hbond substituents is 1. The predicted octanol–water partition coefficient (Wildman–Crippen LogP) is 2.43. The molecule has 0 aromatic heterocycles. The molecule has 0 radical (unpaired) electrons. The molecule has 2 aromatic carbocycles. The van der Waals surface area contributed by atoms with E-state index >= 15 is 0 Å². The van der Waals surface area contributed by atoms with Crippen molar-refractivity contribution in [1.29, 1.82) is 0 Å². The van der Waals surface area contributed by atoms with Gasteiger partial charge in [-0.25, -0.2) is 0 Å². The van der Waals surface area contributed by atoms with Crippen molar-refractivity contribution < 1.29 is 5.11 Å². The second-order valence-corrected chi connectivity index (χ2v) is 6.19. The van der Waals surface area contributed by atoms with Crippen molar-refractivity contribution in [3.05, 3.63) is 59.7 Å². The van der Waals surface area contributed by atoms with Crippen molar-refractivity contribution >= 4 is 5.69 Å². The molecule has 122 valence electrons. The molecule has 4 nitrogen and oxygen atoms in total. The fraction of sp³-hybridized carbons (Fsp3) is 0.368. The van der Waals surface area contributed by atoms with Crippen LogP contribution in [0.3, 0.4) is 0 Å². The number of rotatable bonds is 5. The number of nitrogens with zero attached hydrogens (tertiary/aromatic N) is 2. The third-order valence-corrected chi connectivity index (χ3v) is 4.44. The smallest absolute Gasteiger partial charge is 0.120 e. The van der Waals surface area contributed by atoms with Crippen molar-refractivity contribution in [2.24, 2.45) is 0 Å². The molecule has 0 amide bonds. The Labute approximate surface area is 138 Å². The lowest BCUT2D eigenvalue weighted by Crippen LogP contribution is -2.44. The maximum absolute atomic E-state index is 9.76. The van der Waals surface area contributed by atoms with E-state index in [1.807, 2.05) is 18.2 Å². The summed E-state index contributed by atoms with van der Waals surface area (Å²) in [6, 6.07) is 16.2. The number of piperazine rings is 1. The lowest BCUT2D eigenvalue weighted by Gasteiger charge is -2.34. The van der Waals surface area contributed by atoms with Gasteiger partial charge in [0.15, 0.2) is 0 Å². The molecule has 1 heterocycles. The normalized spacial score (nSPS) is 15.8. The number of nitrogens with one attached hydrogen (secondary N) is 1. The Kier molecular flexibility index (Phi) is 5.16. The summed E-state index contributed by atoms with van der Waals surface area (Å²) in [5.41, 5.74) is 3.50. The van der Waals surface area contributed by atoms with E-state index in [0.29, 0.717) is 12.3 Å². The molecular formula is C19H25N3O. The predicted molar refractivity (Wildman–Crippen MR) is 94.8 cm³/mol. The maximum atomic E-state index is 9.76. The highest BCUT2D eigenvalue weighted by atomic mass is 16.3. The van der Waals surface area contributed by atoms with Gasteiger partial charge in [-0.15, -0.1) is 0 Å². The molecule has 4 heteroatoms. The molecule has 0 spiro atoms. The van der Waals surface area contributed by atoms with E-state index in [4.69, 9.17) is 0 Å². The molecule has 0 bridgehead atoms. The summed E-state index contributed by atoms with van der Waals surface area (Å²) in [5, 5.41) is 13.1. The minimum absolute atomic E-state index is 0.352. The van der Waals surface area contributed by atoms with Crippen LogP contribution in [0.5, 0.6) is 5.75 Å². The second-order valence-electron chi connectivity index (χ2n) is 6.19. The Morgan fingerprint density at radius 2 is 1.61 bits per heavy atom. The van der Waals surface area contributed by atoms with Crippen LogP contribution in [0.15, 0.2) is 48.5 Å². The lowest BCUT2D eigenvalue weighted by molar-refractivity contribution is 0.313. The highest BCUT2D eigenvalue weighted by molar-refractivity contribution is 5.48. The molecule has 3 rings (SSSR count). The van der Waals surface area contributed by atoms with Gasteiger partial charge in [-0.1, -0.05) is 30.3 Å². The van der Waals surface area contributed by atoms with Crippen LogP contribution in [0.2, 0.25) is 0 Å².